The van der Waals surface area contributed by atoms with Crippen molar-refractivity contribution in [3.8, 4) is 5.75 Å². The molecule has 0 saturated heterocycles. The Morgan fingerprint density at radius 2 is 2.17 bits per heavy atom. The molecule has 0 heterocycles. The van der Waals surface area contributed by atoms with E-state index in [9.17, 15) is 9.18 Å². The molecule has 3 N–H and O–H groups in total. The van der Waals surface area contributed by atoms with Gasteiger partial charge in [0.05, 0.1) is 5.41 Å². The first kappa shape index (κ1) is 14.4. The molecule has 1 aromatic rings. The first-order valence-electron chi connectivity index (χ1n) is 5.65. The highest BCUT2D eigenvalue weighted by atomic mass is 19.1. The summed E-state index contributed by atoms with van der Waals surface area (Å²) in [6.07, 6.45) is 0. The zero-order valence-electron chi connectivity index (χ0n) is 10.7. The number of rotatable bonds is 5. The minimum absolute atomic E-state index is 0.0285. The molecule has 1 atom stereocenters. The molecule has 4 nitrogen and oxygen atoms in total. The van der Waals surface area contributed by atoms with Crippen LogP contribution in [0, 0.1) is 11.2 Å². The van der Waals surface area contributed by atoms with Crippen LogP contribution in [0.5, 0.6) is 5.75 Å². The zero-order valence-corrected chi connectivity index (χ0v) is 10.7. The third kappa shape index (κ3) is 3.43. The van der Waals surface area contributed by atoms with E-state index in [1.165, 1.54) is 6.07 Å². The highest BCUT2D eigenvalue weighted by Gasteiger charge is 2.28. The lowest BCUT2D eigenvalue weighted by Gasteiger charge is -2.19. The van der Waals surface area contributed by atoms with Gasteiger partial charge in [-0.25, -0.2) is 4.39 Å². The number of nitrogens with two attached hydrogens (primary N) is 1. The minimum atomic E-state index is -1.02. The minimum Gasteiger partial charge on any atom is -0.492 e. The number of aliphatic carboxylic acids is 1. The van der Waals surface area contributed by atoms with Gasteiger partial charge in [0.25, 0.3) is 0 Å². The highest BCUT2D eigenvalue weighted by molar-refractivity contribution is 5.73. The van der Waals surface area contributed by atoms with Crippen LogP contribution in [0.15, 0.2) is 18.2 Å². The van der Waals surface area contributed by atoms with Crippen LogP contribution in [0.3, 0.4) is 0 Å². The summed E-state index contributed by atoms with van der Waals surface area (Å²) in [6, 6.07) is 3.95. The van der Waals surface area contributed by atoms with Crippen molar-refractivity contribution in [1.29, 1.82) is 0 Å². The first-order valence-corrected chi connectivity index (χ1v) is 5.65. The molecule has 18 heavy (non-hydrogen) atoms. The van der Waals surface area contributed by atoms with Gasteiger partial charge in [0, 0.05) is 17.7 Å². The number of carboxylic acid groups (broad SMARTS) is 1. The number of carboxylic acids is 1. The Morgan fingerprint density at radius 1 is 1.56 bits per heavy atom. The van der Waals surface area contributed by atoms with Crippen molar-refractivity contribution in [3.05, 3.63) is 29.6 Å². The maximum Gasteiger partial charge on any atom is 0.312 e. The molecule has 5 heteroatoms. The van der Waals surface area contributed by atoms with E-state index in [-0.39, 0.29) is 6.61 Å². The molecule has 100 valence electrons. The third-order valence-electron chi connectivity index (χ3n) is 2.64. The average Bonchev–Trinajstić information content (AvgIpc) is 2.25. The molecule has 1 aromatic carbocycles. The maximum atomic E-state index is 13.6. The van der Waals surface area contributed by atoms with E-state index in [4.69, 9.17) is 15.6 Å². The van der Waals surface area contributed by atoms with Gasteiger partial charge in [0.2, 0.25) is 0 Å². The van der Waals surface area contributed by atoms with Crippen molar-refractivity contribution >= 4 is 5.97 Å². The predicted octanol–water partition coefficient (Wildman–Crippen LogP) is 2.33. The van der Waals surface area contributed by atoms with E-state index in [0.717, 1.165) is 0 Å². The van der Waals surface area contributed by atoms with Crippen LogP contribution in [0.1, 0.15) is 32.4 Å². The van der Waals surface area contributed by atoms with E-state index in [2.05, 4.69) is 0 Å². The average molecular weight is 255 g/mol. The zero-order chi connectivity index (χ0) is 13.9. The molecule has 0 amide bonds. The van der Waals surface area contributed by atoms with Gasteiger partial charge in [-0.1, -0.05) is 6.07 Å². The summed E-state index contributed by atoms with van der Waals surface area (Å²) in [4.78, 5) is 10.9. The summed E-state index contributed by atoms with van der Waals surface area (Å²) < 4.78 is 18.9. The van der Waals surface area contributed by atoms with Crippen LogP contribution in [-0.2, 0) is 4.79 Å². The topological polar surface area (TPSA) is 72.5 Å². The second-order valence-corrected chi connectivity index (χ2v) is 4.95. The molecule has 0 bridgehead atoms. The second kappa shape index (κ2) is 5.35. The number of carbonyl (C=O) groups is 1. The molecular formula is C13H18FNO3. The molecular weight excluding hydrogens is 237 g/mol. The molecule has 0 aliphatic rings. The van der Waals surface area contributed by atoms with E-state index >= 15 is 0 Å². The first-order chi connectivity index (χ1) is 8.24. The molecule has 0 aliphatic heterocycles. The molecule has 1 rings (SSSR count). The molecule has 0 fully saturated rings. The van der Waals surface area contributed by atoms with Crippen molar-refractivity contribution in [2.45, 2.75) is 26.8 Å². The molecule has 0 unspecified atom stereocenters. The Hall–Kier alpha value is -1.62. The number of benzene rings is 1. The molecule has 0 saturated carbocycles. The summed E-state index contributed by atoms with van der Waals surface area (Å²) >= 11 is 0. The Kier molecular flexibility index (Phi) is 4.29. The van der Waals surface area contributed by atoms with Crippen molar-refractivity contribution in [2.75, 3.05) is 6.61 Å². The SMILES string of the molecule is C[C@@H](N)c1ccc(OCC(C)(C)C(=O)O)cc1F. The Labute approximate surface area is 106 Å². The van der Waals surface area contributed by atoms with Gasteiger partial charge in [-0.15, -0.1) is 0 Å². The van der Waals surface area contributed by atoms with Crippen molar-refractivity contribution in [1.82, 2.24) is 0 Å². The highest BCUT2D eigenvalue weighted by Crippen LogP contribution is 2.23. The Balaban J connectivity index is 2.76. The predicted molar refractivity (Wildman–Crippen MR) is 65.9 cm³/mol. The number of hydrogen-bond acceptors (Lipinski definition) is 3. The summed E-state index contributed by atoms with van der Waals surface area (Å²) in [5.74, 6) is -1.11. The fraction of sp³-hybridized carbons (Fsp3) is 0.462. The summed E-state index contributed by atoms with van der Waals surface area (Å²) in [5.41, 5.74) is 4.97. The van der Waals surface area contributed by atoms with Crippen molar-refractivity contribution < 1.29 is 19.0 Å². The molecule has 0 radical (unpaired) electrons. The van der Waals surface area contributed by atoms with Crippen LogP contribution in [0.25, 0.3) is 0 Å². The fourth-order valence-electron chi connectivity index (χ4n) is 1.29. The largest absolute Gasteiger partial charge is 0.492 e. The van der Waals surface area contributed by atoms with Gasteiger partial charge in [-0.05, 0) is 26.8 Å². The lowest BCUT2D eigenvalue weighted by atomic mass is 9.95. The summed E-state index contributed by atoms with van der Waals surface area (Å²) in [6.45, 7) is 4.75. The smallest absolute Gasteiger partial charge is 0.312 e. The van der Waals surface area contributed by atoms with Crippen LogP contribution < -0.4 is 10.5 Å². The fourth-order valence-corrected chi connectivity index (χ4v) is 1.29. The van der Waals surface area contributed by atoms with Crippen LogP contribution >= 0.6 is 0 Å². The maximum absolute atomic E-state index is 13.6. The number of halogens is 1. The number of ether oxygens (including phenoxy) is 1. The Bertz CT molecular complexity index is 444. The van der Waals surface area contributed by atoms with E-state index in [1.54, 1.807) is 32.9 Å². The van der Waals surface area contributed by atoms with Gasteiger partial charge in [-0.2, -0.15) is 0 Å². The van der Waals surface area contributed by atoms with Crippen molar-refractivity contribution in [3.63, 3.8) is 0 Å². The molecule has 0 aromatic heterocycles. The van der Waals surface area contributed by atoms with Gasteiger partial charge >= 0.3 is 5.97 Å². The van der Waals surface area contributed by atoms with Gasteiger partial charge in [0.1, 0.15) is 18.2 Å². The quantitative estimate of drug-likeness (QED) is 0.847. The normalized spacial score (nSPS) is 13.2. The van der Waals surface area contributed by atoms with Crippen LogP contribution in [-0.4, -0.2) is 17.7 Å². The van der Waals surface area contributed by atoms with Crippen LogP contribution in [0.2, 0.25) is 0 Å². The van der Waals surface area contributed by atoms with Crippen molar-refractivity contribution in [2.24, 2.45) is 11.1 Å². The van der Waals surface area contributed by atoms with Crippen LogP contribution in [0.4, 0.5) is 4.39 Å². The second-order valence-electron chi connectivity index (χ2n) is 4.95. The van der Waals surface area contributed by atoms with Gasteiger partial charge in [0.15, 0.2) is 0 Å². The standard InChI is InChI=1S/C13H18FNO3/c1-8(15)10-5-4-9(6-11(10)14)18-7-13(2,3)12(16)17/h4-6,8H,7,15H2,1-3H3,(H,16,17)/t8-/m1/s1. The lowest BCUT2D eigenvalue weighted by Crippen LogP contribution is -2.30. The molecule has 0 aliphatic carbocycles. The van der Waals surface area contributed by atoms with E-state index < -0.39 is 23.2 Å². The Morgan fingerprint density at radius 3 is 2.61 bits per heavy atom. The van der Waals surface area contributed by atoms with E-state index in [1.807, 2.05) is 0 Å². The monoisotopic (exact) mass is 255 g/mol. The third-order valence-corrected chi connectivity index (χ3v) is 2.64. The van der Waals surface area contributed by atoms with Gasteiger partial charge < -0.3 is 15.6 Å². The van der Waals surface area contributed by atoms with Gasteiger partial charge in [-0.3, -0.25) is 4.79 Å². The van der Waals surface area contributed by atoms with E-state index in [0.29, 0.717) is 11.3 Å². The molecule has 0 spiro atoms. The summed E-state index contributed by atoms with van der Waals surface area (Å²) in [5, 5.41) is 8.92. The summed E-state index contributed by atoms with van der Waals surface area (Å²) in [7, 11) is 0. The lowest BCUT2D eigenvalue weighted by molar-refractivity contribution is -0.148. The number of hydrogen-bond donors (Lipinski definition) is 2.